The molecule has 13 heavy (non-hydrogen) atoms. The summed E-state index contributed by atoms with van der Waals surface area (Å²) in [5.74, 6) is 0.876. The van der Waals surface area contributed by atoms with Gasteiger partial charge in [-0.25, -0.2) is 10.0 Å². The molecule has 0 rings (SSSR count). The van der Waals surface area contributed by atoms with Crippen LogP contribution in [0.2, 0.25) is 0 Å². The van der Waals surface area contributed by atoms with Gasteiger partial charge >= 0.3 is 0 Å². The van der Waals surface area contributed by atoms with Gasteiger partial charge in [0.15, 0.2) is 0 Å². The molecule has 1 heteroatoms. The van der Waals surface area contributed by atoms with E-state index in [4.69, 9.17) is 0 Å². The van der Waals surface area contributed by atoms with Gasteiger partial charge in [0.1, 0.15) is 0 Å². The highest BCUT2D eigenvalue weighted by atomic mass is 32.3. The quantitative estimate of drug-likeness (QED) is 0.605. The summed E-state index contributed by atoms with van der Waals surface area (Å²) < 4.78 is 0. The Hall–Kier alpha value is 0.350. The highest BCUT2D eigenvalue weighted by Crippen LogP contribution is 2.45. The van der Waals surface area contributed by atoms with E-state index in [-0.39, 0.29) is 10.0 Å². The van der Waals surface area contributed by atoms with E-state index in [2.05, 4.69) is 39.5 Å². The minimum absolute atomic E-state index is 0.323. The van der Waals surface area contributed by atoms with Crippen molar-refractivity contribution >= 4 is 10.0 Å². The fourth-order valence-corrected chi connectivity index (χ4v) is 3.48. The van der Waals surface area contributed by atoms with Crippen molar-refractivity contribution in [2.24, 2.45) is 5.92 Å². The third-order valence-corrected chi connectivity index (χ3v) is 5.15. The summed E-state index contributed by atoms with van der Waals surface area (Å²) in [6, 6.07) is 0. The zero-order valence-electron chi connectivity index (χ0n) is 10.4. The van der Waals surface area contributed by atoms with Crippen molar-refractivity contribution in [2.45, 2.75) is 51.7 Å². The maximum atomic E-state index is 2.47. The zero-order valence-corrected chi connectivity index (χ0v) is 11.2. The van der Waals surface area contributed by atoms with Crippen molar-refractivity contribution in [3.05, 3.63) is 0 Å². The molecule has 0 fully saturated rings. The monoisotopic (exact) mass is 204 g/mol. The second kappa shape index (κ2) is 5.95. The predicted molar refractivity (Wildman–Crippen MR) is 68.1 cm³/mol. The molecule has 82 valence electrons. The molecular formula is C12H28S. The molecule has 0 saturated heterocycles. The Morgan fingerprint density at radius 2 is 1.46 bits per heavy atom. The molecule has 0 aliphatic rings. The topological polar surface area (TPSA) is 0 Å². The molecule has 0 heterocycles. The number of hydrogen-bond donors (Lipinski definition) is 0. The second-order valence-electron chi connectivity index (χ2n) is 5.31. The maximum absolute atomic E-state index is 2.47. The normalized spacial score (nSPS) is 16.2. The summed E-state index contributed by atoms with van der Waals surface area (Å²) >= 11 is 0. The smallest absolute Gasteiger partial charge is 0.0119 e. The van der Waals surface area contributed by atoms with E-state index < -0.39 is 0 Å². The minimum atomic E-state index is -0.323. The van der Waals surface area contributed by atoms with Crippen LogP contribution >= 0.6 is 10.0 Å². The Morgan fingerprint density at radius 3 is 1.77 bits per heavy atom. The van der Waals surface area contributed by atoms with Crippen LogP contribution in [0.1, 0.15) is 46.5 Å². The van der Waals surface area contributed by atoms with Crippen LogP contribution in [0.15, 0.2) is 0 Å². The van der Waals surface area contributed by atoms with Gasteiger partial charge in [-0.2, -0.15) is 0 Å². The number of hydrogen-bond acceptors (Lipinski definition) is 0. The van der Waals surface area contributed by atoms with Crippen LogP contribution in [0, 0.1) is 5.92 Å². The minimum Gasteiger partial charge on any atom is -0.247 e. The molecular weight excluding hydrogens is 176 g/mol. The molecule has 1 atom stereocenters. The van der Waals surface area contributed by atoms with Crippen molar-refractivity contribution in [1.82, 2.24) is 0 Å². The van der Waals surface area contributed by atoms with Crippen molar-refractivity contribution < 1.29 is 0 Å². The molecule has 0 radical (unpaired) electrons. The lowest BCUT2D eigenvalue weighted by Crippen LogP contribution is -2.16. The van der Waals surface area contributed by atoms with E-state index in [1.54, 1.807) is 0 Å². The van der Waals surface area contributed by atoms with Crippen LogP contribution in [0.25, 0.3) is 0 Å². The highest BCUT2D eigenvalue weighted by molar-refractivity contribution is 8.32. The van der Waals surface area contributed by atoms with Crippen LogP contribution < -0.4 is 0 Å². The number of rotatable bonds is 6. The Kier molecular flexibility index (Phi) is 6.11. The van der Waals surface area contributed by atoms with Gasteiger partial charge in [0.05, 0.1) is 0 Å². The van der Waals surface area contributed by atoms with Gasteiger partial charge in [-0.1, -0.05) is 27.2 Å². The van der Waals surface area contributed by atoms with Crippen LogP contribution in [0.4, 0.5) is 0 Å². The van der Waals surface area contributed by atoms with Crippen molar-refractivity contribution in [2.75, 3.05) is 18.8 Å². The average Bonchev–Trinajstić information content (AvgIpc) is 1.95. The summed E-state index contributed by atoms with van der Waals surface area (Å²) in [5.41, 5.74) is 0. The Balaban J connectivity index is 3.95. The fraction of sp³-hybridized carbons (Fsp3) is 1.00. The molecule has 0 aliphatic carbocycles. The fourth-order valence-electron chi connectivity index (χ4n) is 1.69. The first-order chi connectivity index (χ1) is 5.88. The Labute approximate surface area is 86.8 Å². The maximum Gasteiger partial charge on any atom is -0.0119 e. The first-order valence-corrected chi connectivity index (χ1v) is 8.47. The van der Waals surface area contributed by atoms with Gasteiger partial charge < -0.3 is 0 Å². The van der Waals surface area contributed by atoms with E-state index in [0.717, 1.165) is 11.2 Å². The predicted octanol–water partition coefficient (Wildman–Crippen LogP) is 4.29. The molecule has 0 saturated carbocycles. The van der Waals surface area contributed by atoms with Crippen LogP contribution in [-0.2, 0) is 0 Å². The van der Waals surface area contributed by atoms with E-state index in [1.807, 2.05) is 0 Å². The Bertz CT molecular complexity index is 122. The standard InChI is InChI=1S/C12H28S/c1-7-8-12(13(4,5)6)10-9-11(2)3/h11-12H,7-10H2,1-6H3. The molecule has 0 spiro atoms. The molecule has 0 bridgehead atoms. The average molecular weight is 204 g/mol. The van der Waals surface area contributed by atoms with E-state index >= 15 is 0 Å². The van der Waals surface area contributed by atoms with Crippen LogP contribution in [-0.4, -0.2) is 24.0 Å². The van der Waals surface area contributed by atoms with Crippen LogP contribution in [0.3, 0.4) is 0 Å². The molecule has 0 nitrogen and oxygen atoms in total. The van der Waals surface area contributed by atoms with Crippen molar-refractivity contribution in [3.8, 4) is 0 Å². The first-order valence-electron chi connectivity index (χ1n) is 5.55. The summed E-state index contributed by atoms with van der Waals surface area (Å²) in [6.07, 6.45) is 13.0. The zero-order chi connectivity index (χ0) is 10.5. The molecule has 0 amide bonds. The lowest BCUT2D eigenvalue weighted by Gasteiger charge is -2.36. The van der Waals surface area contributed by atoms with Gasteiger partial charge in [0.25, 0.3) is 0 Å². The molecule has 0 N–H and O–H groups in total. The van der Waals surface area contributed by atoms with Gasteiger partial charge in [0, 0.05) is 0 Å². The first kappa shape index (κ1) is 13.4. The lowest BCUT2D eigenvalue weighted by atomic mass is 10.0. The SMILES string of the molecule is CCCC(CCC(C)C)S(C)(C)C. The molecule has 0 aromatic heterocycles. The Morgan fingerprint density at radius 1 is 0.923 bits per heavy atom. The molecule has 0 aromatic rings. The van der Waals surface area contributed by atoms with E-state index in [9.17, 15) is 0 Å². The molecule has 0 aromatic carbocycles. The van der Waals surface area contributed by atoms with Gasteiger partial charge in [-0.05, 0) is 49.2 Å². The van der Waals surface area contributed by atoms with E-state index in [0.29, 0.717) is 0 Å². The van der Waals surface area contributed by atoms with Gasteiger partial charge in [0.2, 0.25) is 0 Å². The lowest BCUT2D eigenvalue weighted by molar-refractivity contribution is 0.530. The van der Waals surface area contributed by atoms with Gasteiger partial charge in [-0.15, -0.1) is 0 Å². The van der Waals surface area contributed by atoms with E-state index in [1.165, 1.54) is 25.7 Å². The highest BCUT2D eigenvalue weighted by Gasteiger charge is 2.18. The third-order valence-electron chi connectivity index (χ3n) is 2.68. The summed E-state index contributed by atoms with van der Waals surface area (Å²) in [4.78, 5) is 0. The second-order valence-corrected chi connectivity index (χ2v) is 9.84. The largest absolute Gasteiger partial charge is 0.247 e. The summed E-state index contributed by atoms with van der Waals surface area (Å²) in [7, 11) is -0.323. The van der Waals surface area contributed by atoms with Crippen molar-refractivity contribution in [1.29, 1.82) is 0 Å². The summed E-state index contributed by atoms with van der Waals surface area (Å²) in [5, 5.41) is 1.000. The van der Waals surface area contributed by atoms with Gasteiger partial charge in [-0.3, -0.25) is 0 Å². The third kappa shape index (κ3) is 6.42. The molecule has 1 unspecified atom stereocenters. The summed E-state index contributed by atoms with van der Waals surface area (Å²) in [6.45, 7) is 6.98. The van der Waals surface area contributed by atoms with Crippen molar-refractivity contribution in [3.63, 3.8) is 0 Å². The molecule has 0 aliphatic heterocycles. The van der Waals surface area contributed by atoms with Crippen LogP contribution in [0.5, 0.6) is 0 Å².